The van der Waals surface area contributed by atoms with E-state index >= 15 is 0 Å². The summed E-state index contributed by atoms with van der Waals surface area (Å²) in [4.78, 5) is 0. The molecular weight excluding hydrogens is 269 g/mol. The highest BCUT2D eigenvalue weighted by atomic mass is 28.4. The number of hydrogen-bond acceptors (Lipinski definition) is 2. The topological polar surface area (TPSA) is 35.2 Å². The maximum absolute atomic E-state index is 13.9. The molecule has 1 fully saturated rings. The molecule has 1 aliphatic rings. The van der Waals surface area contributed by atoms with Crippen molar-refractivity contribution in [3.63, 3.8) is 0 Å². The van der Waals surface area contributed by atoms with Gasteiger partial charge in [-0.1, -0.05) is 26.8 Å². The van der Waals surface area contributed by atoms with Crippen molar-refractivity contribution in [2.24, 2.45) is 0 Å². The van der Waals surface area contributed by atoms with Crippen molar-refractivity contribution in [2.75, 3.05) is 5.73 Å². The van der Waals surface area contributed by atoms with E-state index in [-0.39, 0.29) is 22.9 Å². The molecule has 2 nitrogen and oxygen atoms in total. The van der Waals surface area contributed by atoms with Crippen molar-refractivity contribution in [1.82, 2.24) is 0 Å². The Labute approximate surface area is 122 Å². The van der Waals surface area contributed by atoms with E-state index in [4.69, 9.17) is 10.2 Å². The minimum atomic E-state index is -1.70. The lowest BCUT2D eigenvalue weighted by molar-refractivity contribution is 0.0829. The van der Waals surface area contributed by atoms with Crippen LogP contribution in [0, 0.1) is 5.82 Å². The van der Waals surface area contributed by atoms with Gasteiger partial charge in [-0.25, -0.2) is 4.39 Å². The van der Waals surface area contributed by atoms with Crippen LogP contribution < -0.4 is 5.73 Å². The number of rotatable bonds is 3. The van der Waals surface area contributed by atoms with Crippen LogP contribution in [0.5, 0.6) is 0 Å². The molecule has 0 aromatic heterocycles. The molecule has 2 N–H and O–H groups in total. The molecule has 1 aromatic carbocycles. The van der Waals surface area contributed by atoms with Crippen LogP contribution in [-0.4, -0.2) is 14.4 Å². The van der Waals surface area contributed by atoms with Gasteiger partial charge in [0, 0.05) is 11.8 Å². The minimum Gasteiger partial charge on any atom is -0.414 e. The third-order valence-electron chi connectivity index (χ3n) is 4.83. The Morgan fingerprint density at radius 3 is 2.35 bits per heavy atom. The highest BCUT2D eigenvalue weighted by molar-refractivity contribution is 6.74. The molecule has 4 heteroatoms. The van der Waals surface area contributed by atoms with Crippen LogP contribution in [0.2, 0.25) is 18.1 Å². The number of benzene rings is 1. The van der Waals surface area contributed by atoms with E-state index in [0.717, 1.165) is 18.4 Å². The van der Waals surface area contributed by atoms with E-state index in [9.17, 15) is 4.39 Å². The molecule has 1 saturated carbocycles. The summed E-state index contributed by atoms with van der Waals surface area (Å²) < 4.78 is 20.2. The Hall–Kier alpha value is -0.873. The van der Waals surface area contributed by atoms with Gasteiger partial charge in [0.1, 0.15) is 5.82 Å². The molecule has 0 amide bonds. The molecule has 1 aromatic rings. The first-order chi connectivity index (χ1) is 9.10. The molecule has 0 spiro atoms. The van der Waals surface area contributed by atoms with E-state index in [0.29, 0.717) is 5.69 Å². The maximum Gasteiger partial charge on any atom is 0.192 e. The van der Waals surface area contributed by atoms with Crippen LogP contribution >= 0.6 is 0 Å². The predicted octanol–water partition coefficient (Wildman–Crippen LogP) is 4.68. The zero-order valence-electron chi connectivity index (χ0n) is 13.2. The fourth-order valence-electron chi connectivity index (χ4n) is 2.38. The van der Waals surface area contributed by atoms with Crippen LogP contribution in [-0.2, 0) is 4.43 Å². The zero-order chi connectivity index (χ0) is 15.1. The third-order valence-corrected chi connectivity index (χ3v) is 9.36. The van der Waals surface area contributed by atoms with E-state index < -0.39 is 8.32 Å². The van der Waals surface area contributed by atoms with Gasteiger partial charge in [-0.05, 0) is 54.6 Å². The largest absolute Gasteiger partial charge is 0.414 e. The minimum absolute atomic E-state index is 0.180. The van der Waals surface area contributed by atoms with Crippen molar-refractivity contribution < 1.29 is 8.82 Å². The first-order valence-electron chi connectivity index (χ1n) is 7.33. The Kier molecular flexibility index (Phi) is 4.00. The van der Waals surface area contributed by atoms with Crippen molar-refractivity contribution in [2.45, 2.75) is 63.8 Å². The summed E-state index contributed by atoms with van der Waals surface area (Å²) in [7, 11) is -1.70. The summed E-state index contributed by atoms with van der Waals surface area (Å²) in [6.45, 7) is 11.3. The SMILES string of the molecule is CC(C)(C)[Si](C)(C)OC1CC(c2ccc(N)cc2F)C1. The number of nitrogen functional groups attached to an aromatic ring is 1. The molecule has 112 valence electrons. The van der Waals surface area contributed by atoms with Crippen LogP contribution in [0.15, 0.2) is 18.2 Å². The molecule has 2 rings (SSSR count). The second-order valence-electron chi connectivity index (χ2n) is 7.45. The van der Waals surface area contributed by atoms with E-state index in [1.54, 1.807) is 6.07 Å². The van der Waals surface area contributed by atoms with Gasteiger partial charge in [0.15, 0.2) is 8.32 Å². The van der Waals surface area contributed by atoms with Crippen LogP contribution in [0.25, 0.3) is 0 Å². The summed E-state index contributed by atoms with van der Waals surface area (Å²) in [6.07, 6.45) is 2.14. The van der Waals surface area contributed by atoms with Gasteiger partial charge in [-0.2, -0.15) is 0 Å². The second-order valence-corrected chi connectivity index (χ2v) is 12.2. The van der Waals surface area contributed by atoms with Gasteiger partial charge in [-0.15, -0.1) is 0 Å². The smallest absolute Gasteiger partial charge is 0.192 e. The highest BCUT2D eigenvalue weighted by Crippen LogP contribution is 2.45. The highest BCUT2D eigenvalue weighted by Gasteiger charge is 2.43. The Morgan fingerprint density at radius 2 is 1.85 bits per heavy atom. The van der Waals surface area contributed by atoms with Crippen molar-refractivity contribution in [3.05, 3.63) is 29.6 Å². The predicted molar refractivity (Wildman–Crippen MR) is 84.9 cm³/mol. The van der Waals surface area contributed by atoms with Crippen LogP contribution in [0.4, 0.5) is 10.1 Å². The summed E-state index contributed by atoms with van der Waals surface area (Å²) >= 11 is 0. The summed E-state index contributed by atoms with van der Waals surface area (Å²) in [5, 5.41) is 0.227. The van der Waals surface area contributed by atoms with Gasteiger partial charge in [0.2, 0.25) is 0 Å². The molecule has 0 saturated heterocycles. The number of hydrogen-bond donors (Lipinski definition) is 1. The van der Waals surface area contributed by atoms with Gasteiger partial charge in [0.25, 0.3) is 0 Å². The lowest BCUT2D eigenvalue weighted by atomic mass is 9.77. The fourth-order valence-corrected chi connectivity index (χ4v) is 3.76. The number of anilines is 1. The van der Waals surface area contributed by atoms with E-state index in [1.165, 1.54) is 6.07 Å². The monoisotopic (exact) mass is 295 g/mol. The van der Waals surface area contributed by atoms with Crippen LogP contribution in [0.3, 0.4) is 0 Å². The third kappa shape index (κ3) is 3.06. The first kappa shape index (κ1) is 15.5. The Bertz CT molecular complexity index is 490. The van der Waals surface area contributed by atoms with E-state index in [2.05, 4.69) is 33.9 Å². The Morgan fingerprint density at radius 1 is 1.25 bits per heavy atom. The lowest BCUT2D eigenvalue weighted by Gasteiger charge is -2.45. The molecular formula is C16H26FNOSi. The average Bonchev–Trinajstić information content (AvgIpc) is 2.22. The molecule has 0 unspecified atom stereocenters. The van der Waals surface area contributed by atoms with Gasteiger partial charge in [-0.3, -0.25) is 0 Å². The molecule has 0 atom stereocenters. The molecule has 1 aliphatic carbocycles. The average molecular weight is 295 g/mol. The second kappa shape index (κ2) is 5.15. The van der Waals surface area contributed by atoms with E-state index in [1.807, 2.05) is 6.07 Å². The van der Waals surface area contributed by atoms with Gasteiger partial charge >= 0.3 is 0 Å². The quantitative estimate of drug-likeness (QED) is 0.649. The molecule has 20 heavy (non-hydrogen) atoms. The van der Waals surface area contributed by atoms with Crippen molar-refractivity contribution >= 4 is 14.0 Å². The van der Waals surface area contributed by atoms with Crippen LogP contribution in [0.1, 0.15) is 45.1 Å². The summed E-state index contributed by atoms with van der Waals surface area (Å²) in [6, 6.07) is 5.01. The molecule has 0 heterocycles. The zero-order valence-corrected chi connectivity index (χ0v) is 14.2. The maximum atomic E-state index is 13.9. The molecule has 0 radical (unpaired) electrons. The Balaban J connectivity index is 1.95. The van der Waals surface area contributed by atoms with Gasteiger partial charge < -0.3 is 10.2 Å². The van der Waals surface area contributed by atoms with Gasteiger partial charge in [0.05, 0.1) is 0 Å². The van der Waals surface area contributed by atoms with Crippen molar-refractivity contribution in [3.8, 4) is 0 Å². The summed E-state index contributed by atoms with van der Waals surface area (Å²) in [5.74, 6) is 0.103. The van der Waals surface area contributed by atoms with Crippen molar-refractivity contribution in [1.29, 1.82) is 0 Å². The molecule has 0 aliphatic heterocycles. The first-order valence-corrected chi connectivity index (χ1v) is 10.2. The number of nitrogens with two attached hydrogens (primary N) is 1. The fraction of sp³-hybridized carbons (Fsp3) is 0.625. The number of halogens is 1. The molecule has 0 bridgehead atoms. The summed E-state index contributed by atoms with van der Waals surface area (Å²) in [5.41, 5.74) is 6.86. The lowest BCUT2D eigenvalue weighted by Crippen LogP contribution is -2.47. The standard InChI is InChI=1S/C16H26FNOSi/c1-16(2,3)20(4,5)19-13-8-11(9-13)14-7-6-12(18)10-15(14)17/h6-7,10-11,13H,8-9,18H2,1-5H3. The normalized spacial score (nSPS) is 23.5.